The molecule has 0 fully saturated rings. The van der Waals surface area contributed by atoms with Crippen molar-refractivity contribution >= 4 is 34.7 Å². The summed E-state index contributed by atoms with van der Waals surface area (Å²) < 4.78 is 0. The maximum absolute atomic E-state index is 0. The van der Waals surface area contributed by atoms with E-state index in [0.29, 0.717) is 0 Å². The Morgan fingerprint density at radius 2 is 0.500 bits per heavy atom. The molecule has 0 aliphatic rings. The van der Waals surface area contributed by atoms with Crippen LogP contribution in [-0.4, -0.2) is 45.7 Å². The van der Waals surface area contributed by atoms with Gasteiger partial charge in [-0.05, 0) is 0 Å². The first-order valence-corrected chi connectivity index (χ1v) is 0. The van der Waals surface area contributed by atoms with Gasteiger partial charge in [-0.2, -0.15) is 0 Å². The van der Waals surface area contributed by atoms with Crippen molar-refractivity contribution in [3.8, 4) is 0 Å². The average Bonchev–Trinajstić information content (AvgIpc) is 0. The van der Waals surface area contributed by atoms with Crippen LogP contribution < -0.4 is 0 Å². The van der Waals surface area contributed by atoms with E-state index in [-0.39, 0.29) is 45.7 Å². The minimum Gasteiger partial charge on any atom is -0.412 e. The predicted octanol–water partition coefficient (Wildman–Crippen LogP) is -2.41. The fourth-order valence-electron chi connectivity index (χ4n) is 0. The van der Waals surface area contributed by atoms with Gasteiger partial charge >= 0.3 is 34.7 Å². The van der Waals surface area contributed by atoms with Gasteiger partial charge in [-0.3, -0.25) is 0 Å². The summed E-state index contributed by atoms with van der Waals surface area (Å²) in [6.07, 6.45) is 0. The molecule has 0 aliphatic carbocycles. The van der Waals surface area contributed by atoms with Gasteiger partial charge in [0, 0.05) is 0 Å². The van der Waals surface area contributed by atoms with Crippen LogP contribution in [0.4, 0.5) is 0 Å². The Kier molecular flexibility index (Phi) is 747. The molecule has 0 spiro atoms. The molecule has 0 radical (unpaired) electrons. The molecule has 0 atom stereocenters. The van der Waals surface area contributed by atoms with E-state index in [0.717, 1.165) is 0 Å². The van der Waals surface area contributed by atoms with Crippen molar-refractivity contribution in [2.75, 3.05) is 0 Å². The van der Waals surface area contributed by atoms with Gasteiger partial charge in [-0.15, -0.1) is 0 Å². The largest absolute Gasteiger partial charge is 3.00 e. The van der Waals surface area contributed by atoms with Gasteiger partial charge < -0.3 is 11.0 Å². The zero-order chi connectivity index (χ0) is 0. The zero-order valence-electron chi connectivity index (χ0n) is 2.15. The monoisotopic (exact) mass is 90.0 g/mol. The third kappa shape index (κ3) is 12.1. The minimum absolute atomic E-state index is 0. The second-order valence-electron chi connectivity index (χ2n) is 0. The summed E-state index contributed by atoms with van der Waals surface area (Å²) in [5, 5.41) is 0. The van der Waals surface area contributed by atoms with E-state index in [1.54, 1.807) is 0 Å². The van der Waals surface area contributed by atoms with E-state index in [4.69, 9.17) is 0 Å². The molecule has 0 saturated carbocycles. The Morgan fingerprint density at radius 1 is 0.500 bits per heavy atom. The zero-order valence-corrected chi connectivity index (χ0v) is 4.46. The Morgan fingerprint density at radius 3 is 0.500 bits per heavy atom. The van der Waals surface area contributed by atoms with Crippen molar-refractivity contribution in [3.63, 3.8) is 0 Å². The van der Waals surface area contributed by atoms with Crippen molar-refractivity contribution in [3.05, 3.63) is 0 Å². The van der Waals surface area contributed by atoms with E-state index in [1.165, 1.54) is 0 Å². The summed E-state index contributed by atoms with van der Waals surface area (Å²) in [6, 6.07) is 0. The molecule has 0 amide bonds. The molecule has 0 unspecified atom stereocenters. The van der Waals surface area contributed by atoms with Gasteiger partial charge in [0.1, 0.15) is 0 Å². The van der Waals surface area contributed by atoms with Crippen molar-refractivity contribution in [1.82, 2.24) is 0 Å². The van der Waals surface area contributed by atoms with Crippen LogP contribution in [-0.2, 0) is 0 Å². The molecular weight excluding hydrogens is 86.0 g/mol. The number of hydrogen-bond donors (Lipinski definition) is 0. The fourth-order valence-corrected chi connectivity index (χ4v) is 0. The molecular formula is H4Al2O2+6. The summed E-state index contributed by atoms with van der Waals surface area (Å²) in [4.78, 5) is 0. The first kappa shape index (κ1) is 81.6. The van der Waals surface area contributed by atoms with Gasteiger partial charge in [0.15, 0.2) is 0 Å². The molecule has 0 aromatic heterocycles. The predicted molar refractivity (Wildman–Crippen MR) is 18.7 cm³/mol. The van der Waals surface area contributed by atoms with Crippen LogP contribution in [0.3, 0.4) is 0 Å². The molecule has 4 N–H and O–H groups in total. The van der Waals surface area contributed by atoms with Crippen LogP contribution >= 0.6 is 0 Å². The topological polar surface area (TPSA) is 63.0 Å². The summed E-state index contributed by atoms with van der Waals surface area (Å²) in [5.74, 6) is 0. The standard InChI is InChI=1S/2Al.2H2O/h;;2*1H2/q2*+3;;. The smallest absolute Gasteiger partial charge is 0.412 e. The number of rotatable bonds is 0. The normalized spacial score (nSPS) is 0. The van der Waals surface area contributed by atoms with Crippen molar-refractivity contribution < 1.29 is 11.0 Å². The van der Waals surface area contributed by atoms with Gasteiger partial charge in [-0.1, -0.05) is 0 Å². The second-order valence-corrected chi connectivity index (χ2v) is 0. The van der Waals surface area contributed by atoms with E-state index >= 15 is 0 Å². The Bertz CT molecular complexity index is 4.00. The van der Waals surface area contributed by atoms with Crippen LogP contribution in [0.2, 0.25) is 0 Å². The van der Waals surface area contributed by atoms with E-state index in [2.05, 4.69) is 0 Å². The van der Waals surface area contributed by atoms with E-state index in [9.17, 15) is 0 Å². The first-order valence-electron chi connectivity index (χ1n) is 0. The van der Waals surface area contributed by atoms with Crippen molar-refractivity contribution in [2.45, 2.75) is 0 Å². The molecule has 0 heterocycles. The first-order chi connectivity index (χ1) is 0. The molecule has 0 aromatic carbocycles. The van der Waals surface area contributed by atoms with Gasteiger partial charge in [0.25, 0.3) is 0 Å². The number of hydrogen-bond acceptors (Lipinski definition) is 0. The molecule has 4 heavy (non-hydrogen) atoms. The molecule has 2 nitrogen and oxygen atoms in total. The molecule has 16 valence electrons. The molecule has 0 bridgehead atoms. The van der Waals surface area contributed by atoms with Crippen LogP contribution in [0.5, 0.6) is 0 Å². The Labute approximate surface area is 46.1 Å². The van der Waals surface area contributed by atoms with Crippen LogP contribution in [0.15, 0.2) is 0 Å². The Balaban J connectivity index is 0. The van der Waals surface area contributed by atoms with Crippen LogP contribution in [0.25, 0.3) is 0 Å². The molecule has 0 aromatic rings. The molecule has 0 aliphatic heterocycles. The maximum atomic E-state index is 0. The van der Waals surface area contributed by atoms with E-state index < -0.39 is 0 Å². The van der Waals surface area contributed by atoms with Gasteiger partial charge in [-0.25, -0.2) is 0 Å². The average molecular weight is 90.0 g/mol. The third-order valence-corrected chi connectivity index (χ3v) is 0. The molecule has 4 heteroatoms. The summed E-state index contributed by atoms with van der Waals surface area (Å²) in [7, 11) is 0. The third-order valence-electron chi connectivity index (χ3n) is 0. The van der Waals surface area contributed by atoms with Crippen LogP contribution in [0, 0.1) is 0 Å². The van der Waals surface area contributed by atoms with Crippen molar-refractivity contribution in [2.24, 2.45) is 0 Å². The quantitative estimate of drug-likeness (QED) is 0.297. The van der Waals surface area contributed by atoms with Crippen LogP contribution in [0.1, 0.15) is 0 Å². The second kappa shape index (κ2) is 36.6. The molecule has 0 rings (SSSR count). The SMILES string of the molecule is O.O.[Al+3].[Al+3]. The summed E-state index contributed by atoms with van der Waals surface area (Å²) in [5.41, 5.74) is 0. The summed E-state index contributed by atoms with van der Waals surface area (Å²) >= 11 is 0. The minimum atomic E-state index is 0. The fraction of sp³-hybridized carbons (Fsp3) is 0. The van der Waals surface area contributed by atoms with Gasteiger partial charge in [0.2, 0.25) is 0 Å². The van der Waals surface area contributed by atoms with Gasteiger partial charge in [0.05, 0.1) is 0 Å². The van der Waals surface area contributed by atoms with Crippen molar-refractivity contribution in [1.29, 1.82) is 0 Å². The summed E-state index contributed by atoms with van der Waals surface area (Å²) in [6.45, 7) is 0. The maximum Gasteiger partial charge on any atom is 3.00 e. The molecule has 0 saturated heterocycles. The Hall–Kier alpha value is 0.985. The van der Waals surface area contributed by atoms with E-state index in [1.807, 2.05) is 0 Å².